The first-order valence-corrected chi connectivity index (χ1v) is 16.1. The van der Waals surface area contributed by atoms with Gasteiger partial charge in [-0.15, -0.1) is 0 Å². The van der Waals surface area contributed by atoms with E-state index < -0.39 is 6.09 Å². The molecule has 0 aromatic heterocycles. The maximum absolute atomic E-state index is 13.4. The third-order valence-electron chi connectivity index (χ3n) is 9.67. The molecule has 2 N–H and O–H groups in total. The van der Waals surface area contributed by atoms with Crippen molar-refractivity contribution in [2.24, 2.45) is 29.6 Å². The number of benzene rings is 1. The van der Waals surface area contributed by atoms with Crippen LogP contribution in [0.3, 0.4) is 0 Å². The Morgan fingerprint density at radius 1 is 1.07 bits per heavy atom. The molecule has 3 aliphatic rings. The highest BCUT2D eigenvalue weighted by atomic mass is 16.6. The number of nitrogens with zero attached hydrogens (tertiary/aromatic N) is 1. The van der Waals surface area contributed by atoms with E-state index in [0.717, 1.165) is 24.8 Å². The molecular formula is C35H49N3O6. The summed E-state index contributed by atoms with van der Waals surface area (Å²) in [6.07, 6.45) is 9.58. The number of rotatable bonds is 11. The predicted octanol–water partition coefficient (Wildman–Crippen LogP) is 5.40. The quantitative estimate of drug-likeness (QED) is 0.326. The van der Waals surface area contributed by atoms with Gasteiger partial charge in [0.25, 0.3) is 5.91 Å². The number of carbonyl (C=O) groups is 4. The molecule has 0 bridgehead atoms. The van der Waals surface area contributed by atoms with Crippen molar-refractivity contribution >= 4 is 23.9 Å². The topological polar surface area (TPSA) is 114 Å². The van der Waals surface area contributed by atoms with Crippen molar-refractivity contribution in [2.75, 3.05) is 14.1 Å². The van der Waals surface area contributed by atoms with Crippen LogP contribution < -0.4 is 10.6 Å². The molecule has 0 saturated carbocycles. The number of amides is 3. The second kappa shape index (κ2) is 14.9. The summed E-state index contributed by atoms with van der Waals surface area (Å²) < 4.78 is 12.2. The lowest BCUT2D eigenvalue weighted by Gasteiger charge is -2.44. The summed E-state index contributed by atoms with van der Waals surface area (Å²) in [7, 11) is 3.18. The van der Waals surface area contributed by atoms with Crippen LogP contribution in [0.25, 0.3) is 0 Å². The molecule has 1 heterocycles. The van der Waals surface area contributed by atoms with E-state index in [2.05, 4.69) is 42.7 Å². The fourth-order valence-corrected chi connectivity index (χ4v) is 6.85. The minimum atomic E-state index is -0.436. The molecule has 0 unspecified atom stereocenters. The highest BCUT2D eigenvalue weighted by Crippen LogP contribution is 2.45. The minimum absolute atomic E-state index is 0.106. The molecule has 44 heavy (non-hydrogen) atoms. The molecule has 0 spiro atoms. The molecule has 8 atom stereocenters. The van der Waals surface area contributed by atoms with Crippen LogP contribution >= 0.6 is 0 Å². The van der Waals surface area contributed by atoms with Crippen molar-refractivity contribution in [3.8, 4) is 0 Å². The first-order valence-electron chi connectivity index (χ1n) is 16.1. The van der Waals surface area contributed by atoms with E-state index >= 15 is 0 Å². The molecule has 9 heteroatoms. The van der Waals surface area contributed by atoms with Crippen molar-refractivity contribution in [2.45, 2.75) is 91.0 Å². The average molecular weight is 608 g/mol. The van der Waals surface area contributed by atoms with Crippen molar-refractivity contribution < 1.29 is 28.7 Å². The first-order chi connectivity index (χ1) is 21.0. The third-order valence-corrected chi connectivity index (χ3v) is 9.67. The van der Waals surface area contributed by atoms with Crippen LogP contribution in [0.15, 0.2) is 48.1 Å². The molecule has 1 aromatic carbocycles. The van der Waals surface area contributed by atoms with E-state index in [9.17, 15) is 19.2 Å². The van der Waals surface area contributed by atoms with Gasteiger partial charge in [0.1, 0.15) is 12.2 Å². The molecule has 3 amide bonds. The summed E-state index contributed by atoms with van der Waals surface area (Å²) >= 11 is 0. The Balaban J connectivity index is 1.47. The Morgan fingerprint density at radius 3 is 2.45 bits per heavy atom. The van der Waals surface area contributed by atoms with Gasteiger partial charge in [-0.05, 0) is 66.7 Å². The van der Waals surface area contributed by atoms with E-state index in [1.807, 2.05) is 26.0 Å². The number of fused-ring (bicyclic) bond motifs is 1. The molecule has 2 aliphatic carbocycles. The molecule has 240 valence electrons. The summed E-state index contributed by atoms with van der Waals surface area (Å²) in [5, 5.41) is 5.30. The van der Waals surface area contributed by atoms with Crippen LogP contribution in [0.2, 0.25) is 0 Å². The third kappa shape index (κ3) is 7.90. The summed E-state index contributed by atoms with van der Waals surface area (Å²) in [4.78, 5) is 52.3. The Labute approximate surface area is 261 Å². The molecule has 0 radical (unpaired) electrons. The van der Waals surface area contributed by atoms with E-state index in [1.165, 1.54) is 5.57 Å². The van der Waals surface area contributed by atoms with Gasteiger partial charge in [0.05, 0.1) is 5.92 Å². The molecule has 1 saturated heterocycles. The van der Waals surface area contributed by atoms with E-state index in [-0.39, 0.29) is 72.7 Å². The lowest BCUT2D eigenvalue weighted by atomic mass is 9.65. The lowest BCUT2D eigenvalue weighted by Crippen LogP contribution is -2.50. The number of cyclic esters (lactones) is 1. The highest BCUT2D eigenvalue weighted by molar-refractivity contribution is 5.93. The number of carbonyl (C=O) groups excluding carboxylic acids is 4. The zero-order chi connectivity index (χ0) is 32.0. The predicted molar refractivity (Wildman–Crippen MR) is 168 cm³/mol. The van der Waals surface area contributed by atoms with Gasteiger partial charge in [-0.25, -0.2) is 4.79 Å². The summed E-state index contributed by atoms with van der Waals surface area (Å²) in [6, 6.07) is 6.77. The summed E-state index contributed by atoms with van der Waals surface area (Å²) in [5.74, 6) is 0.375. The molecular weight excluding hydrogens is 558 g/mol. The van der Waals surface area contributed by atoms with E-state index in [1.54, 1.807) is 31.1 Å². The summed E-state index contributed by atoms with van der Waals surface area (Å²) in [5.41, 5.74) is 2.62. The fourth-order valence-electron chi connectivity index (χ4n) is 6.85. The SMILES string of the molecule is CC[C@H](C)C(=O)O[C@H]1C[C@@H](C)C=C2C=C[C@H](C)[C@H](CC[C@@H]3C[C@H](CC(=O)NC)N(Cc4ccc(C(=O)NC)cc4)C(=O)O3)[C@H]21. The Bertz CT molecular complexity index is 1260. The molecule has 1 aromatic rings. The lowest BCUT2D eigenvalue weighted by molar-refractivity contribution is -0.158. The van der Waals surface area contributed by atoms with Gasteiger partial charge in [-0.2, -0.15) is 0 Å². The second-order valence-electron chi connectivity index (χ2n) is 12.8. The zero-order valence-electron chi connectivity index (χ0n) is 27.0. The van der Waals surface area contributed by atoms with E-state index in [0.29, 0.717) is 24.3 Å². The van der Waals surface area contributed by atoms with Gasteiger partial charge in [-0.1, -0.05) is 58.1 Å². The van der Waals surface area contributed by atoms with Crippen LogP contribution in [-0.2, 0) is 25.6 Å². The highest BCUT2D eigenvalue weighted by Gasteiger charge is 2.43. The normalized spacial score (nSPS) is 28.7. The smallest absolute Gasteiger partial charge is 0.410 e. The van der Waals surface area contributed by atoms with Crippen molar-refractivity contribution in [1.82, 2.24) is 15.5 Å². The number of ether oxygens (including phenoxy) is 2. The zero-order valence-corrected chi connectivity index (χ0v) is 27.0. The molecule has 1 fully saturated rings. The number of hydrogen-bond donors (Lipinski definition) is 2. The average Bonchev–Trinajstić information content (AvgIpc) is 3.01. The van der Waals surface area contributed by atoms with Gasteiger partial charge in [0.15, 0.2) is 0 Å². The van der Waals surface area contributed by atoms with Gasteiger partial charge in [0.2, 0.25) is 5.91 Å². The standard InChI is InChI=1S/C35H49N3O6/c1-7-22(3)34(41)44-30-17-21(2)16-26-11-8-23(4)29(32(26)30)15-14-28-18-27(19-31(39)36-5)38(35(42)43-28)20-24-9-12-25(13-10-24)33(40)37-6/h8-13,16,21-23,27-30,32H,7,14-15,17-20H2,1-6H3,(H,36,39)(H,37,40)/t21-,22-,23-,27+,28+,29-,30-,32-/m0/s1. The minimum Gasteiger partial charge on any atom is -0.461 e. The van der Waals surface area contributed by atoms with Crippen LogP contribution in [0.5, 0.6) is 0 Å². The maximum Gasteiger partial charge on any atom is 0.410 e. The van der Waals surface area contributed by atoms with Crippen molar-refractivity contribution in [3.63, 3.8) is 0 Å². The van der Waals surface area contributed by atoms with Gasteiger partial charge < -0.3 is 25.0 Å². The number of esters is 1. The molecule has 9 nitrogen and oxygen atoms in total. The van der Waals surface area contributed by atoms with Crippen LogP contribution in [0.1, 0.15) is 82.1 Å². The number of hydrogen-bond acceptors (Lipinski definition) is 6. The van der Waals surface area contributed by atoms with Crippen molar-refractivity contribution in [3.05, 3.63) is 59.2 Å². The monoisotopic (exact) mass is 607 g/mol. The summed E-state index contributed by atoms with van der Waals surface area (Å²) in [6.45, 7) is 8.58. The van der Waals surface area contributed by atoms with Gasteiger partial charge in [-0.3, -0.25) is 14.4 Å². The van der Waals surface area contributed by atoms with Gasteiger partial charge in [0, 0.05) is 51.0 Å². The molecule has 4 rings (SSSR count). The first kappa shape index (κ1) is 33.3. The van der Waals surface area contributed by atoms with Crippen LogP contribution in [0.4, 0.5) is 4.79 Å². The van der Waals surface area contributed by atoms with E-state index in [4.69, 9.17) is 9.47 Å². The maximum atomic E-state index is 13.4. The number of nitrogens with one attached hydrogen (secondary N) is 2. The second-order valence-corrected chi connectivity index (χ2v) is 12.8. The van der Waals surface area contributed by atoms with Gasteiger partial charge >= 0.3 is 12.1 Å². The Morgan fingerprint density at radius 2 is 1.80 bits per heavy atom. The fraction of sp³-hybridized carbons (Fsp3) is 0.600. The van der Waals surface area contributed by atoms with Crippen LogP contribution in [-0.4, -0.2) is 61.1 Å². The van der Waals surface area contributed by atoms with Crippen LogP contribution in [0, 0.1) is 29.6 Å². The van der Waals surface area contributed by atoms with Crippen molar-refractivity contribution in [1.29, 1.82) is 0 Å². The Hall–Kier alpha value is -3.62. The number of allylic oxidation sites excluding steroid dienone is 3. The molecule has 1 aliphatic heterocycles. The largest absolute Gasteiger partial charge is 0.461 e. The Kier molecular flexibility index (Phi) is 11.3.